The lowest BCUT2D eigenvalue weighted by Gasteiger charge is -2.50. The van der Waals surface area contributed by atoms with E-state index in [4.69, 9.17) is 11.6 Å². The molecule has 0 bridgehead atoms. The summed E-state index contributed by atoms with van der Waals surface area (Å²) >= 11 is 6.34. The first-order valence-electron chi connectivity index (χ1n) is 16.8. The number of aromatic carboxylic acids is 1. The van der Waals surface area contributed by atoms with Gasteiger partial charge in [0.2, 0.25) is 11.8 Å². The Bertz CT molecular complexity index is 2240. The van der Waals surface area contributed by atoms with Crippen LogP contribution in [0.5, 0.6) is 5.75 Å². The molecule has 6 unspecified atom stereocenters. The molecule has 2 aliphatic carbocycles. The summed E-state index contributed by atoms with van der Waals surface area (Å²) in [6, 6.07) is 22.6. The maximum atomic E-state index is 15.2. The van der Waals surface area contributed by atoms with Crippen LogP contribution in [0, 0.1) is 36.4 Å². The van der Waals surface area contributed by atoms with E-state index in [9.17, 15) is 33.8 Å². The van der Waals surface area contributed by atoms with E-state index in [0.717, 1.165) is 9.91 Å². The number of benzene rings is 4. The Morgan fingerprint density at radius 1 is 0.904 bits per heavy atom. The molecule has 3 N–H and O–H groups in total. The SMILES string of the molecule is Cc1cc(C2C3=CCC4C(=O)N(c5cccc(C(=O)O)c5)C(=O)C4C3CC3C(=O)N(Nc4ccc(F)cc4)C(=O)C32c2ccc(Cl)cc2)ccc1O. The molecule has 4 aromatic carbocycles. The zero-order chi connectivity index (χ0) is 36.6. The molecule has 4 aliphatic rings. The molecule has 10 nitrogen and oxygen atoms in total. The van der Waals surface area contributed by atoms with Crippen LogP contribution in [0.15, 0.2) is 103 Å². The van der Waals surface area contributed by atoms with Gasteiger partial charge in [-0.25, -0.2) is 9.18 Å². The van der Waals surface area contributed by atoms with Gasteiger partial charge in [0.25, 0.3) is 11.8 Å². The van der Waals surface area contributed by atoms with E-state index in [-0.39, 0.29) is 29.8 Å². The molecule has 6 atom stereocenters. The molecule has 1 saturated carbocycles. The number of phenols is 1. The fraction of sp³-hybridized carbons (Fsp3) is 0.225. The number of anilines is 2. The second kappa shape index (κ2) is 12.2. The fourth-order valence-corrected chi connectivity index (χ4v) is 9.05. The summed E-state index contributed by atoms with van der Waals surface area (Å²) in [4.78, 5) is 71.2. The number of aromatic hydroxyl groups is 1. The van der Waals surface area contributed by atoms with Crippen molar-refractivity contribution < 1.29 is 38.6 Å². The van der Waals surface area contributed by atoms with Gasteiger partial charge in [0.05, 0.1) is 40.1 Å². The molecule has 0 spiro atoms. The Hall–Kier alpha value is -5.81. The summed E-state index contributed by atoms with van der Waals surface area (Å²) in [5, 5.41) is 21.5. The number of nitrogens with zero attached hydrogens (tertiary/aromatic N) is 2. The number of phenolic OH excluding ortho intramolecular Hbond substituents is 1. The van der Waals surface area contributed by atoms with E-state index < -0.39 is 70.4 Å². The second-order valence-electron chi connectivity index (χ2n) is 13.8. The lowest BCUT2D eigenvalue weighted by Crippen LogP contribution is -2.53. The minimum Gasteiger partial charge on any atom is -0.508 e. The first kappa shape index (κ1) is 33.3. The number of carboxylic acids is 1. The monoisotopic (exact) mass is 719 g/mol. The number of aryl methyl sites for hydroxylation is 1. The summed E-state index contributed by atoms with van der Waals surface area (Å²) in [6.45, 7) is 1.73. The van der Waals surface area contributed by atoms with Crippen LogP contribution >= 0.6 is 11.6 Å². The number of nitrogens with one attached hydrogen (secondary N) is 1. The molecule has 262 valence electrons. The van der Waals surface area contributed by atoms with E-state index in [1.54, 1.807) is 43.3 Å². The Balaban J connectivity index is 1.31. The van der Waals surface area contributed by atoms with Gasteiger partial charge in [-0.15, -0.1) is 0 Å². The molecule has 2 saturated heterocycles. The van der Waals surface area contributed by atoms with Crippen LogP contribution in [0.4, 0.5) is 15.8 Å². The van der Waals surface area contributed by atoms with Crippen LogP contribution in [0.1, 0.15) is 45.8 Å². The molecule has 8 rings (SSSR count). The molecule has 0 radical (unpaired) electrons. The van der Waals surface area contributed by atoms with E-state index >= 15 is 4.79 Å². The number of fused-ring (bicyclic) bond motifs is 4. The second-order valence-corrected chi connectivity index (χ2v) is 14.2. The normalized spacial score (nSPS) is 26.5. The van der Waals surface area contributed by atoms with Gasteiger partial charge in [0.15, 0.2) is 0 Å². The van der Waals surface area contributed by atoms with Gasteiger partial charge in [0.1, 0.15) is 11.6 Å². The van der Waals surface area contributed by atoms with Gasteiger partial charge >= 0.3 is 5.97 Å². The largest absolute Gasteiger partial charge is 0.508 e. The Kier molecular flexibility index (Phi) is 7.80. The molecule has 12 heteroatoms. The summed E-state index contributed by atoms with van der Waals surface area (Å²) in [5.74, 6) is -7.97. The highest BCUT2D eigenvalue weighted by Crippen LogP contribution is 2.64. The van der Waals surface area contributed by atoms with Crippen molar-refractivity contribution in [2.45, 2.75) is 31.1 Å². The highest BCUT2D eigenvalue weighted by atomic mass is 35.5. The first-order chi connectivity index (χ1) is 24.9. The van der Waals surface area contributed by atoms with Crippen LogP contribution < -0.4 is 10.3 Å². The highest BCUT2D eigenvalue weighted by Gasteiger charge is 2.70. The summed E-state index contributed by atoms with van der Waals surface area (Å²) in [6.07, 6.45) is 2.12. The third kappa shape index (κ3) is 4.86. The molecule has 4 aromatic rings. The van der Waals surface area contributed by atoms with Crippen LogP contribution in [0.2, 0.25) is 5.02 Å². The van der Waals surface area contributed by atoms with Crippen LogP contribution in [0.3, 0.4) is 0 Å². The quantitative estimate of drug-likeness (QED) is 0.154. The standard InChI is InChI=1S/C40H31ClFN3O7/c1-20-17-21(5-16-32(20)46)34-28-14-15-29-33(37(49)44(35(29)47)27-4-2-3-22(18-27)38(50)51)30(28)19-31-36(48)45(43-26-12-10-25(42)11-13-26)39(52)40(31,34)23-6-8-24(41)9-7-23/h2-14,16-18,29-31,33-34,43,46H,15,19H2,1H3,(H,50,51). The van der Waals surface area contributed by atoms with E-state index in [2.05, 4.69) is 5.43 Å². The van der Waals surface area contributed by atoms with Crippen LogP contribution in [-0.2, 0) is 24.6 Å². The first-order valence-corrected chi connectivity index (χ1v) is 17.2. The lowest BCUT2D eigenvalue weighted by atomic mass is 9.49. The molecule has 4 amide bonds. The zero-order valence-corrected chi connectivity index (χ0v) is 28.4. The van der Waals surface area contributed by atoms with Crippen LogP contribution in [0.25, 0.3) is 0 Å². The Morgan fingerprint density at radius 3 is 2.33 bits per heavy atom. The number of imide groups is 2. The number of hydrazine groups is 1. The maximum Gasteiger partial charge on any atom is 0.335 e. The number of amides is 4. The van der Waals surface area contributed by atoms with Gasteiger partial charge in [-0.1, -0.05) is 53.6 Å². The van der Waals surface area contributed by atoms with Crippen molar-refractivity contribution in [2.75, 3.05) is 10.3 Å². The smallest absolute Gasteiger partial charge is 0.335 e. The third-order valence-corrected chi connectivity index (χ3v) is 11.4. The number of carbonyl (C=O) groups excluding carboxylic acids is 4. The number of rotatable bonds is 6. The van der Waals surface area contributed by atoms with Gasteiger partial charge < -0.3 is 10.2 Å². The van der Waals surface area contributed by atoms with Crippen molar-refractivity contribution >= 4 is 52.6 Å². The Labute approximate surface area is 302 Å². The van der Waals surface area contributed by atoms with Crippen LogP contribution in [-0.4, -0.2) is 44.8 Å². The molecule has 2 aliphatic heterocycles. The number of hydrogen-bond acceptors (Lipinski definition) is 7. The molecule has 52 heavy (non-hydrogen) atoms. The lowest BCUT2D eigenvalue weighted by molar-refractivity contribution is -0.138. The van der Waals surface area contributed by atoms with Gasteiger partial charge in [0, 0.05) is 10.9 Å². The fourth-order valence-electron chi connectivity index (χ4n) is 8.92. The zero-order valence-electron chi connectivity index (χ0n) is 27.6. The van der Waals surface area contributed by atoms with Crippen molar-refractivity contribution in [1.29, 1.82) is 0 Å². The average molecular weight is 720 g/mol. The minimum atomic E-state index is -1.56. The average Bonchev–Trinajstić information content (AvgIpc) is 3.51. The van der Waals surface area contributed by atoms with Crippen molar-refractivity contribution in [3.63, 3.8) is 0 Å². The predicted octanol–water partition coefficient (Wildman–Crippen LogP) is 6.38. The van der Waals surface area contributed by atoms with E-state index in [1.165, 1.54) is 54.6 Å². The molecular weight excluding hydrogens is 689 g/mol. The number of carbonyl (C=O) groups is 5. The summed E-state index contributed by atoms with van der Waals surface area (Å²) in [7, 11) is 0. The van der Waals surface area contributed by atoms with Crippen molar-refractivity contribution in [3.05, 3.63) is 136 Å². The number of hydrogen-bond donors (Lipinski definition) is 3. The minimum absolute atomic E-state index is 0.0371. The number of carboxylic acid groups (broad SMARTS) is 1. The Morgan fingerprint density at radius 2 is 1.63 bits per heavy atom. The van der Waals surface area contributed by atoms with Gasteiger partial charge in [-0.2, -0.15) is 5.01 Å². The van der Waals surface area contributed by atoms with Crippen molar-refractivity contribution in [2.24, 2.45) is 23.7 Å². The number of halogens is 2. The van der Waals surface area contributed by atoms with E-state index in [0.29, 0.717) is 33.0 Å². The summed E-state index contributed by atoms with van der Waals surface area (Å²) < 4.78 is 13.8. The van der Waals surface area contributed by atoms with Crippen molar-refractivity contribution in [1.82, 2.24) is 5.01 Å². The van der Waals surface area contributed by atoms with Gasteiger partial charge in [-0.05, 0) is 103 Å². The molecule has 0 aromatic heterocycles. The maximum absolute atomic E-state index is 15.2. The molecule has 3 fully saturated rings. The third-order valence-electron chi connectivity index (χ3n) is 11.2. The molecular formula is C40H31ClFN3O7. The van der Waals surface area contributed by atoms with Gasteiger partial charge in [-0.3, -0.25) is 29.5 Å². The van der Waals surface area contributed by atoms with E-state index in [1.807, 2.05) is 6.08 Å². The number of allylic oxidation sites excluding steroid dienone is 2. The molecule has 2 heterocycles. The highest BCUT2D eigenvalue weighted by molar-refractivity contribution is 6.30. The predicted molar refractivity (Wildman–Crippen MR) is 188 cm³/mol. The topological polar surface area (TPSA) is 144 Å². The van der Waals surface area contributed by atoms with Crippen molar-refractivity contribution in [3.8, 4) is 5.75 Å². The summed E-state index contributed by atoms with van der Waals surface area (Å²) in [5.41, 5.74) is 4.10.